The Labute approximate surface area is 174 Å². The Morgan fingerprint density at radius 3 is 2.33 bits per heavy atom. The average Bonchev–Trinajstić information content (AvgIpc) is 3.11. The molecule has 0 aliphatic carbocycles. The molecule has 158 valence electrons. The lowest BCUT2D eigenvalue weighted by atomic mass is 10.1. The van der Waals surface area contributed by atoms with Crippen molar-refractivity contribution in [1.82, 2.24) is 9.97 Å². The van der Waals surface area contributed by atoms with Gasteiger partial charge in [0.15, 0.2) is 0 Å². The molecule has 4 aromatic rings. The zero-order valence-corrected chi connectivity index (χ0v) is 17.1. The first-order valence-electron chi connectivity index (χ1n) is 9.14. The van der Waals surface area contributed by atoms with Crippen LogP contribution in [0.5, 0.6) is 0 Å². The number of anilines is 1. The van der Waals surface area contributed by atoms with Gasteiger partial charge in [0.05, 0.1) is 16.6 Å². The Balaban J connectivity index is 0.000000461. The lowest BCUT2D eigenvalue weighted by Crippen LogP contribution is -2.68. The van der Waals surface area contributed by atoms with Crippen LogP contribution in [0.25, 0.3) is 33.4 Å². The van der Waals surface area contributed by atoms with Gasteiger partial charge >= 0.3 is 0 Å². The Morgan fingerprint density at radius 2 is 1.70 bits per heavy atom. The van der Waals surface area contributed by atoms with Crippen LogP contribution in [0.4, 0.5) is 5.69 Å². The molecular formula is C20H20ClN4O5-. The molecule has 0 bridgehead atoms. The number of rotatable bonds is 4. The SMILES string of the molecule is CCN(CC)c1ccc2cc(-c3nc4ccccc4[nH]3)c(=N)oc2c1.[O-][Cl+3]([O-])([O-])[O-]. The standard InChI is InChI=1S/C20H20N4O.ClHO4/c1-3-24(4-2)14-10-9-13-11-15(19(21)25-18(13)12-14)20-22-16-7-5-6-8-17(16)23-20;2-1(3,4)5/h5-12,21H,3-4H2,1-2H3,(H,22,23);(H,2,3,4,5)/p-1. The molecule has 0 unspecified atom stereocenters. The van der Waals surface area contributed by atoms with Crippen molar-refractivity contribution >= 4 is 27.7 Å². The van der Waals surface area contributed by atoms with Crippen LogP contribution in [0, 0.1) is 15.7 Å². The summed E-state index contributed by atoms with van der Waals surface area (Å²) in [6.07, 6.45) is 0. The lowest BCUT2D eigenvalue weighted by molar-refractivity contribution is -2.00. The van der Waals surface area contributed by atoms with Crippen molar-refractivity contribution < 1.29 is 33.3 Å². The number of hydrogen-bond donors (Lipinski definition) is 2. The number of aromatic nitrogens is 2. The topological polar surface area (TPSA) is 161 Å². The second-order valence-electron chi connectivity index (χ2n) is 6.36. The van der Waals surface area contributed by atoms with Crippen molar-refractivity contribution in [1.29, 1.82) is 5.41 Å². The largest absolute Gasteiger partial charge is 0.438 e. The third kappa shape index (κ3) is 5.15. The predicted octanol–water partition coefficient (Wildman–Crippen LogP) is -0.454. The van der Waals surface area contributed by atoms with Gasteiger partial charge in [-0.2, -0.15) is 0 Å². The predicted molar refractivity (Wildman–Crippen MR) is 101 cm³/mol. The van der Waals surface area contributed by atoms with E-state index < -0.39 is 10.2 Å². The van der Waals surface area contributed by atoms with Gasteiger partial charge in [-0.05, 0) is 44.2 Å². The van der Waals surface area contributed by atoms with Gasteiger partial charge in [0.2, 0.25) is 5.55 Å². The molecule has 10 heteroatoms. The normalized spacial score (nSPS) is 11.4. The third-order valence-corrected chi connectivity index (χ3v) is 4.53. The van der Waals surface area contributed by atoms with Crippen LogP contribution in [0.3, 0.4) is 0 Å². The number of fused-ring (bicyclic) bond motifs is 2. The lowest BCUT2D eigenvalue weighted by Gasteiger charge is -2.21. The number of nitrogens with zero attached hydrogens (tertiary/aromatic N) is 2. The molecule has 0 saturated heterocycles. The van der Waals surface area contributed by atoms with Crippen LogP contribution >= 0.6 is 0 Å². The van der Waals surface area contributed by atoms with Crippen molar-refractivity contribution in [3.63, 3.8) is 0 Å². The highest BCUT2D eigenvalue weighted by Gasteiger charge is 2.11. The second kappa shape index (κ2) is 8.82. The van der Waals surface area contributed by atoms with Gasteiger partial charge in [0.1, 0.15) is 11.4 Å². The summed E-state index contributed by atoms with van der Waals surface area (Å²) < 4.78 is 39.8. The number of halogens is 1. The van der Waals surface area contributed by atoms with Crippen molar-refractivity contribution in [2.75, 3.05) is 18.0 Å². The quantitative estimate of drug-likeness (QED) is 0.442. The van der Waals surface area contributed by atoms with E-state index in [4.69, 9.17) is 28.5 Å². The van der Waals surface area contributed by atoms with E-state index in [0.717, 1.165) is 35.2 Å². The van der Waals surface area contributed by atoms with Gasteiger partial charge in [-0.25, -0.2) is 23.6 Å². The molecule has 2 N–H and O–H groups in total. The van der Waals surface area contributed by atoms with E-state index in [1.165, 1.54) is 0 Å². The highest BCUT2D eigenvalue weighted by Crippen LogP contribution is 2.25. The van der Waals surface area contributed by atoms with Gasteiger partial charge in [0.25, 0.3) is 0 Å². The summed E-state index contributed by atoms with van der Waals surface area (Å²) in [5.74, 6) is 0.657. The van der Waals surface area contributed by atoms with Crippen LogP contribution in [0.15, 0.2) is 52.9 Å². The fraction of sp³-hybridized carbons (Fsp3) is 0.200. The number of imidazole rings is 1. The fourth-order valence-corrected chi connectivity index (χ4v) is 3.16. The summed E-state index contributed by atoms with van der Waals surface area (Å²) in [5.41, 5.74) is 4.44. The highest BCUT2D eigenvalue weighted by molar-refractivity contribution is 5.85. The monoisotopic (exact) mass is 431 g/mol. The van der Waals surface area contributed by atoms with E-state index in [-0.39, 0.29) is 5.55 Å². The fourth-order valence-electron chi connectivity index (χ4n) is 3.16. The van der Waals surface area contributed by atoms with E-state index in [2.05, 4.69) is 34.8 Å². The molecule has 30 heavy (non-hydrogen) atoms. The maximum absolute atomic E-state index is 8.49. The van der Waals surface area contributed by atoms with Crippen molar-refractivity contribution in [3.05, 3.63) is 54.1 Å². The van der Waals surface area contributed by atoms with E-state index in [1.807, 2.05) is 42.5 Å². The van der Waals surface area contributed by atoms with Crippen LogP contribution in [0.1, 0.15) is 13.8 Å². The summed E-state index contributed by atoms with van der Waals surface area (Å²) in [7, 11) is -4.94. The van der Waals surface area contributed by atoms with Crippen LogP contribution in [-0.4, -0.2) is 23.1 Å². The number of nitrogens with one attached hydrogen (secondary N) is 2. The zero-order valence-electron chi connectivity index (χ0n) is 16.3. The highest BCUT2D eigenvalue weighted by atomic mass is 35.7. The minimum absolute atomic E-state index is 0.114. The summed E-state index contributed by atoms with van der Waals surface area (Å²) in [6.45, 7) is 6.14. The molecule has 2 aromatic carbocycles. The summed E-state index contributed by atoms with van der Waals surface area (Å²) in [6, 6.07) is 15.9. The van der Waals surface area contributed by atoms with Crippen LogP contribution < -0.4 is 29.1 Å². The van der Waals surface area contributed by atoms with Crippen molar-refractivity contribution in [2.24, 2.45) is 0 Å². The molecule has 0 amide bonds. The van der Waals surface area contributed by atoms with Gasteiger partial charge in [-0.1, -0.05) is 12.1 Å². The Bertz CT molecular complexity index is 1170. The van der Waals surface area contributed by atoms with Gasteiger partial charge in [-0.15, -0.1) is 10.2 Å². The first-order valence-corrected chi connectivity index (χ1v) is 10.4. The molecule has 9 nitrogen and oxygen atoms in total. The molecule has 0 aliphatic rings. The van der Waals surface area contributed by atoms with Gasteiger partial charge in [0, 0.05) is 30.2 Å². The zero-order chi connectivity index (χ0) is 21.9. The molecule has 0 fully saturated rings. The number of benzene rings is 2. The van der Waals surface area contributed by atoms with E-state index in [9.17, 15) is 0 Å². The number of hydrogen-bond acceptors (Lipinski definition) is 8. The number of aromatic amines is 1. The van der Waals surface area contributed by atoms with E-state index in [0.29, 0.717) is 17.0 Å². The Hall–Kier alpha value is -2.95. The van der Waals surface area contributed by atoms with Crippen molar-refractivity contribution in [3.8, 4) is 11.4 Å². The molecular weight excluding hydrogens is 412 g/mol. The Kier molecular flexibility index (Phi) is 6.40. The third-order valence-electron chi connectivity index (χ3n) is 4.53. The summed E-state index contributed by atoms with van der Waals surface area (Å²) in [4.78, 5) is 10.1. The second-order valence-corrected chi connectivity index (χ2v) is 7.12. The number of H-pyrrole nitrogens is 1. The van der Waals surface area contributed by atoms with E-state index >= 15 is 0 Å². The van der Waals surface area contributed by atoms with Crippen LogP contribution in [0.2, 0.25) is 0 Å². The molecule has 0 radical (unpaired) electrons. The number of para-hydroxylation sites is 2. The van der Waals surface area contributed by atoms with Crippen LogP contribution in [-0.2, 0) is 0 Å². The molecule has 0 atom stereocenters. The summed E-state index contributed by atoms with van der Waals surface area (Å²) in [5, 5.41) is 9.25. The summed E-state index contributed by atoms with van der Waals surface area (Å²) >= 11 is 0. The minimum Gasteiger partial charge on any atom is -0.438 e. The molecule has 0 saturated carbocycles. The molecule has 2 aromatic heterocycles. The molecule has 0 spiro atoms. The average molecular weight is 432 g/mol. The molecule has 0 aliphatic heterocycles. The van der Waals surface area contributed by atoms with Crippen molar-refractivity contribution in [2.45, 2.75) is 13.8 Å². The maximum Gasteiger partial charge on any atom is 0.223 e. The first kappa shape index (κ1) is 21.8. The maximum atomic E-state index is 8.49. The molecule has 4 rings (SSSR count). The first-order chi connectivity index (χ1) is 14.2. The Morgan fingerprint density at radius 1 is 1.03 bits per heavy atom. The smallest absolute Gasteiger partial charge is 0.223 e. The van der Waals surface area contributed by atoms with Gasteiger partial charge in [-0.3, -0.25) is 5.41 Å². The van der Waals surface area contributed by atoms with E-state index in [1.54, 1.807) is 0 Å². The minimum atomic E-state index is -4.94. The molecule has 2 heterocycles. The van der Waals surface area contributed by atoms with Gasteiger partial charge < -0.3 is 14.3 Å².